The molecular weight excluding hydrogens is 376 g/mol. The van der Waals surface area contributed by atoms with E-state index in [2.05, 4.69) is 13.8 Å². The maximum atomic E-state index is 13.3. The Labute approximate surface area is 168 Å². The van der Waals surface area contributed by atoms with Crippen LogP contribution in [0, 0.1) is 11.8 Å². The minimum absolute atomic E-state index is 0.0114. The number of carbonyl (C=O) groups excluding carboxylic acids is 1. The van der Waals surface area contributed by atoms with Gasteiger partial charge in [0.25, 0.3) is 11.5 Å². The molecule has 29 heavy (non-hydrogen) atoms. The van der Waals surface area contributed by atoms with E-state index >= 15 is 0 Å². The van der Waals surface area contributed by atoms with Gasteiger partial charge in [0, 0.05) is 43.0 Å². The highest BCUT2D eigenvalue weighted by Gasteiger charge is 2.42. The highest BCUT2D eigenvalue weighted by molar-refractivity contribution is 5.93. The minimum atomic E-state index is -2.74. The van der Waals surface area contributed by atoms with Gasteiger partial charge < -0.3 is 9.47 Å². The van der Waals surface area contributed by atoms with Crippen molar-refractivity contribution < 1.29 is 13.6 Å². The van der Waals surface area contributed by atoms with E-state index in [-0.39, 0.29) is 35.0 Å². The Hall–Kier alpha value is -2.44. The molecule has 0 aliphatic carbocycles. The zero-order valence-corrected chi connectivity index (χ0v) is 16.8. The van der Waals surface area contributed by atoms with Crippen LogP contribution in [0.15, 0.2) is 41.3 Å². The molecule has 0 saturated carbocycles. The molecule has 0 aromatic carbocycles. The molecule has 2 aromatic heterocycles. The summed E-state index contributed by atoms with van der Waals surface area (Å²) in [6.07, 6.45) is 4.03. The monoisotopic (exact) mass is 403 g/mol. The second-order valence-electron chi connectivity index (χ2n) is 8.68. The fourth-order valence-corrected chi connectivity index (χ4v) is 4.99. The third-order valence-corrected chi connectivity index (χ3v) is 6.33. The summed E-state index contributed by atoms with van der Waals surface area (Å²) in [5.41, 5.74) is 0.991. The van der Waals surface area contributed by atoms with E-state index in [4.69, 9.17) is 0 Å². The third kappa shape index (κ3) is 3.63. The molecule has 5 nitrogen and oxygen atoms in total. The minimum Gasteiger partial charge on any atom is -0.336 e. The fraction of sp³-hybridized carbons (Fsp3) is 0.545. The van der Waals surface area contributed by atoms with Gasteiger partial charge >= 0.3 is 6.55 Å². The largest absolute Gasteiger partial charge is 0.336 e. The van der Waals surface area contributed by atoms with Crippen LogP contribution in [-0.2, 0) is 0 Å². The topological polar surface area (TPSA) is 47.2 Å². The Morgan fingerprint density at radius 2 is 1.97 bits per heavy atom. The number of piperidine rings is 1. The molecule has 4 rings (SSSR count). The molecule has 1 amide bonds. The van der Waals surface area contributed by atoms with Crippen LogP contribution in [0.3, 0.4) is 0 Å². The van der Waals surface area contributed by atoms with Crippen molar-refractivity contribution in [3.05, 3.63) is 58.3 Å². The van der Waals surface area contributed by atoms with Crippen LogP contribution in [0.25, 0.3) is 0 Å². The summed E-state index contributed by atoms with van der Waals surface area (Å²) in [5, 5.41) is 0. The van der Waals surface area contributed by atoms with E-state index in [1.54, 1.807) is 17.0 Å². The lowest BCUT2D eigenvalue weighted by Crippen LogP contribution is -2.51. The first-order valence-electron chi connectivity index (χ1n) is 10.3. The molecule has 0 unspecified atom stereocenters. The average molecular weight is 403 g/mol. The van der Waals surface area contributed by atoms with Crippen LogP contribution >= 0.6 is 0 Å². The molecule has 0 spiro atoms. The van der Waals surface area contributed by atoms with E-state index < -0.39 is 6.55 Å². The first-order valence-corrected chi connectivity index (χ1v) is 10.3. The van der Waals surface area contributed by atoms with Crippen LogP contribution in [0.1, 0.15) is 67.8 Å². The van der Waals surface area contributed by atoms with Crippen LogP contribution in [0.5, 0.6) is 0 Å². The van der Waals surface area contributed by atoms with Crippen molar-refractivity contribution in [1.82, 2.24) is 14.0 Å². The van der Waals surface area contributed by atoms with Gasteiger partial charge in [-0.05, 0) is 49.3 Å². The van der Waals surface area contributed by atoms with Crippen molar-refractivity contribution in [3.63, 3.8) is 0 Å². The third-order valence-electron chi connectivity index (χ3n) is 6.33. The maximum Gasteiger partial charge on any atom is 0.319 e. The van der Waals surface area contributed by atoms with Crippen molar-refractivity contribution in [2.24, 2.45) is 11.8 Å². The summed E-state index contributed by atoms with van der Waals surface area (Å²) in [6.45, 7) is 2.52. The fourth-order valence-electron chi connectivity index (χ4n) is 4.99. The Bertz CT molecular complexity index is 950. The maximum absolute atomic E-state index is 13.3. The van der Waals surface area contributed by atoms with Crippen molar-refractivity contribution >= 4 is 5.91 Å². The highest BCUT2D eigenvalue weighted by Crippen LogP contribution is 2.43. The van der Waals surface area contributed by atoms with E-state index in [0.717, 1.165) is 29.5 Å². The predicted molar refractivity (Wildman–Crippen MR) is 106 cm³/mol. The summed E-state index contributed by atoms with van der Waals surface area (Å²) < 4.78 is 29.2. The van der Waals surface area contributed by atoms with Gasteiger partial charge in [-0.2, -0.15) is 8.78 Å². The van der Waals surface area contributed by atoms with Crippen LogP contribution in [0.4, 0.5) is 8.78 Å². The van der Waals surface area contributed by atoms with Crippen molar-refractivity contribution in [2.45, 2.75) is 51.6 Å². The van der Waals surface area contributed by atoms with E-state index in [9.17, 15) is 18.4 Å². The average Bonchev–Trinajstić information content (AvgIpc) is 3.17. The number of nitrogens with zero attached hydrogens (tertiary/aromatic N) is 3. The van der Waals surface area contributed by atoms with Gasteiger partial charge in [0.15, 0.2) is 0 Å². The van der Waals surface area contributed by atoms with Gasteiger partial charge in [0.1, 0.15) is 5.69 Å². The zero-order chi connectivity index (χ0) is 20.7. The van der Waals surface area contributed by atoms with E-state index in [0.29, 0.717) is 19.0 Å². The smallest absolute Gasteiger partial charge is 0.319 e. The quantitative estimate of drug-likeness (QED) is 0.748. The number of fused-ring (bicyclic) bond motifs is 4. The molecule has 0 N–H and O–H groups in total. The molecule has 1 saturated heterocycles. The molecule has 7 heteroatoms. The van der Waals surface area contributed by atoms with E-state index in [1.807, 2.05) is 10.6 Å². The Morgan fingerprint density at radius 3 is 2.69 bits per heavy atom. The van der Waals surface area contributed by atoms with Gasteiger partial charge in [0.05, 0.1) is 0 Å². The number of hydrogen-bond donors (Lipinski definition) is 0. The summed E-state index contributed by atoms with van der Waals surface area (Å²) in [7, 11) is 0. The second kappa shape index (κ2) is 7.76. The van der Waals surface area contributed by atoms with Crippen molar-refractivity contribution in [3.8, 4) is 0 Å². The van der Waals surface area contributed by atoms with Crippen LogP contribution in [-0.4, -0.2) is 33.0 Å². The molecule has 4 heterocycles. The van der Waals surface area contributed by atoms with Crippen molar-refractivity contribution in [2.75, 3.05) is 13.1 Å². The van der Waals surface area contributed by atoms with Crippen LogP contribution in [0.2, 0.25) is 0 Å². The number of rotatable bonds is 5. The molecular formula is C22H27F2N3O2. The molecule has 2 aliphatic heterocycles. The lowest BCUT2D eigenvalue weighted by Gasteiger charge is -2.47. The van der Waals surface area contributed by atoms with Crippen molar-refractivity contribution in [1.29, 1.82) is 0 Å². The zero-order valence-electron chi connectivity index (χ0n) is 16.8. The number of halogens is 2. The SMILES string of the molecule is CC(C)CC[C@H]1[C@H]2C[C@H](CN(C(=O)c3cccn3C(F)F)C2)c2cccc(=O)n21. The number of likely N-dealkylation sites (tertiary alicyclic amines) is 1. The summed E-state index contributed by atoms with van der Waals surface area (Å²) in [6, 6.07) is 8.32. The first-order chi connectivity index (χ1) is 13.9. The van der Waals surface area contributed by atoms with Crippen LogP contribution < -0.4 is 5.56 Å². The molecule has 2 aromatic rings. The molecule has 0 radical (unpaired) electrons. The Kier molecular flexibility index (Phi) is 5.32. The molecule has 2 bridgehead atoms. The molecule has 1 fully saturated rings. The lowest BCUT2D eigenvalue weighted by atomic mass is 9.76. The van der Waals surface area contributed by atoms with Gasteiger partial charge in [0.2, 0.25) is 0 Å². The molecule has 2 aliphatic rings. The second-order valence-corrected chi connectivity index (χ2v) is 8.68. The number of carbonyl (C=O) groups is 1. The Morgan fingerprint density at radius 1 is 1.17 bits per heavy atom. The number of aromatic nitrogens is 2. The van der Waals surface area contributed by atoms with Gasteiger partial charge in [-0.1, -0.05) is 19.9 Å². The molecule has 156 valence electrons. The summed E-state index contributed by atoms with van der Waals surface area (Å²) >= 11 is 0. The number of pyridine rings is 1. The Balaban J connectivity index is 1.67. The highest BCUT2D eigenvalue weighted by atomic mass is 19.3. The lowest BCUT2D eigenvalue weighted by molar-refractivity contribution is 0.0424. The van der Waals surface area contributed by atoms with E-state index in [1.165, 1.54) is 18.3 Å². The number of alkyl halides is 2. The van der Waals surface area contributed by atoms with Gasteiger partial charge in [-0.25, -0.2) is 0 Å². The molecule has 3 atom stereocenters. The summed E-state index contributed by atoms with van der Waals surface area (Å²) in [4.78, 5) is 27.4. The first kappa shape index (κ1) is 19.9. The van der Waals surface area contributed by atoms with Gasteiger partial charge in [-0.15, -0.1) is 0 Å². The number of amides is 1. The van der Waals surface area contributed by atoms with Gasteiger partial charge in [-0.3, -0.25) is 14.2 Å². The standard InChI is InChI=1S/C22H27F2N3O2/c1-14(2)8-9-18-16-11-15(17-5-3-7-20(28)27(17)18)12-25(13-16)21(29)19-6-4-10-26(19)22(23)24/h3-7,10,14-16,18,22H,8-9,11-13H2,1-2H3/t15-,16+,18+/m1/s1. The normalized spacial score (nSPS) is 23.5. The predicted octanol–water partition coefficient (Wildman–Crippen LogP) is 4.28. The number of hydrogen-bond acceptors (Lipinski definition) is 2. The summed E-state index contributed by atoms with van der Waals surface area (Å²) in [5.74, 6) is 0.362.